The van der Waals surface area contributed by atoms with Crippen LogP contribution in [-0.4, -0.2) is 42.5 Å². The molecule has 0 aromatic heterocycles. The summed E-state index contributed by atoms with van der Waals surface area (Å²) in [6.45, 7) is 1.50. The van der Waals surface area contributed by atoms with Gasteiger partial charge in [0.05, 0.1) is 7.11 Å². The van der Waals surface area contributed by atoms with Gasteiger partial charge in [-0.1, -0.05) is 12.1 Å². The maximum atomic E-state index is 12.4. The van der Waals surface area contributed by atoms with E-state index in [0.717, 1.165) is 50.1 Å². The summed E-state index contributed by atoms with van der Waals surface area (Å²) < 4.78 is 5.14. The number of ether oxygens (including phenoxy) is 1. The minimum absolute atomic E-state index is 0.0379. The van der Waals surface area contributed by atoms with Crippen molar-refractivity contribution >= 4 is 11.8 Å². The van der Waals surface area contributed by atoms with E-state index in [4.69, 9.17) is 4.74 Å². The van der Waals surface area contributed by atoms with Crippen LogP contribution in [0, 0.1) is 0 Å². The third-order valence-corrected chi connectivity index (χ3v) is 5.10. The summed E-state index contributed by atoms with van der Waals surface area (Å²) in [6.07, 6.45) is 4.60. The first kappa shape index (κ1) is 15.8. The van der Waals surface area contributed by atoms with E-state index in [0.29, 0.717) is 12.8 Å². The zero-order chi connectivity index (χ0) is 16.3. The van der Waals surface area contributed by atoms with Crippen molar-refractivity contribution in [3.05, 3.63) is 29.8 Å². The van der Waals surface area contributed by atoms with Crippen molar-refractivity contribution in [2.24, 2.45) is 0 Å². The summed E-state index contributed by atoms with van der Waals surface area (Å²) >= 11 is 0. The van der Waals surface area contributed by atoms with Crippen molar-refractivity contribution in [1.29, 1.82) is 0 Å². The van der Waals surface area contributed by atoms with Gasteiger partial charge in [0.15, 0.2) is 0 Å². The van der Waals surface area contributed by atoms with Gasteiger partial charge in [-0.2, -0.15) is 0 Å². The minimum Gasteiger partial charge on any atom is -0.497 e. The largest absolute Gasteiger partial charge is 0.497 e. The monoisotopic (exact) mass is 316 g/mol. The summed E-state index contributed by atoms with van der Waals surface area (Å²) in [5, 5.41) is 3.11. The topological polar surface area (TPSA) is 58.6 Å². The number of carbonyl (C=O) groups is 2. The number of aryl methyl sites for hydroxylation is 1. The summed E-state index contributed by atoms with van der Waals surface area (Å²) in [7, 11) is 1.65. The number of nitrogens with zero attached hydrogens (tertiary/aromatic N) is 1. The second-order valence-corrected chi connectivity index (χ2v) is 6.56. The van der Waals surface area contributed by atoms with Crippen LogP contribution in [0.1, 0.15) is 37.7 Å². The van der Waals surface area contributed by atoms with Crippen LogP contribution in [0.25, 0.3) is 0 Å². The number of amides is 2. The van der Waals surface area contributed by atoms with E-state index in [2.05, 4.69) is 5.32 Å². The molecule has 1 spiro atoms. The van der Waals surface area contributed by atoms with Gasteiger partial charge in [0.2, 0.25) is 11.8 Å². The number of carbonyl (C=O) groups excluding carboxylic acids is 2. The van der Waals surface area contributed by atoms with Crippen molar-refractivity contribution in [3.63, 3.8) is 0 Å². The number of hydrogen-bond acceptors (Lipinski definition) is 3. The van der Waals surface area contributed by atoms with Crippen LogP contribution in [0.15, 0.2) is 24.3 Å². The van der Waals surface area contributed by atoms with E-state index >= 15 is 0 Å². The van der Waals surface area contributed by atoms with Gasteiger partial charge in [-0.15, -0.1) is 0 Å². The number of methoxy groups -OCH3 is 1. The third kappa shape index (κ3) is 3.66. The highest BCUT2D eigenvalue weighted by atomic mass is 16.5. The second kappa shape index (κ2) is 6.60. The Balaban J connectivity index is 1.46. The van der Waals surface area contributed by atoms with Crippen LogP contribution in [0.4, 0.5) is 0 Å². The van der Waals surface area contributed by atoms with E-state index in [1.807, 2.05) is 29.2 Å². The van der Waals surface area contributed by atoms with Gasteiger partial charge >= 0.3 is 0 Å². The Bertz CT molecular complexity index is 574. The molecule has 2 aliphatic heterocycles. The molecule has 5 nitrogen and oxygen atoms in total. The SMILES string of the molecule is COc1ccc(CCC(=O)N2CCC3(CCC(=O)N3)CC2)cc1. The summed E-state index contributed by atoms with van der Waals surface area (Å²) in [6, 6.07) is 7.86. The van der Waals surface area contributed by atoms with Crippen LogP contribution in [0.2, 0.25) is 0 Å². The molecule has 1 N–H and O–H groups in total. The van der Waals surface area contributed by atoms with Crippen molar-refractivity contribution in [3.8, 4) is 5.75 Å². The number of benzene rings is 1. The Morgan fingerprint density at radius 2 is 1.91 bits per heavy atom. The van der Waals surface area contributed by atoms with Crippen LogP contribution in [0.5, 0.6) is 5.75 Å². The maximum Gasteiger partial charge on any atom is 0.222 e. The summed E-state index contributed by atoms with van der Waals surface area (Å²) in [4.78, 5) is 25.8. The molecule has 124 valence electrons. The third-order valence-electron chi connectivity index (χ3n) is 5.10. The van der Waals surface area contributed by atoms with Gasteiger partial charge in [-0.05, 0) is 43.4 Å². The second-order valence-electron chi connectivity index (χ2n) is 6.56. The van der Waals surface area contributed by atoms with E-state index in [1.165, 1.54) is 0 Å². The molecule has 3 rings (SSSR count). The fourth-order valence-electron chi connectivity index (χ4n) is 3.53. The van der Waals surface area contributed by atoms with Crippen LogP contribution >= 0.6 is 0 Å². The molecule has 0 radical (unpaired) electrons. The van der Waals surface area contributed by atoms with Crippen molar-refractivity contribution in [2.75, 3.05) is 20.2 Å². The van der Waals surface area contributed by atoms with E-state index < -0.39 is 0 Å². The highest BCUT2D eigenvalue weighted by molar-refractivity contribution is 5.80. The average Bonchev–Trinajstić information content (AvgIpc) is 2.94. The lowest BCUT2D eigenvalue weighted by atomic mass is 9.86. The zero-order valence-electron chi connectivity index (χ0n) is 13.6. The van der Waals surface area contributed by atoms with E-state index in [-0.39, 0.29) is 17.4 Å². The number of piperidine rings is 1. The first-order valence-electron chi connectivity index (χ1n) is 8.32. The smallest absolute Gasteiger partial charge is 0.222 e. The fraction of sp³-hybridized carbons (Fsp3) is 0.556. The number of likely N-dealkylation sites (tertiary alicyclic amines) is 1. The molecule has 23 heavy (non-hydrogen) atoms. The standard InChI is InChI=1S/C18H24N2O3/c1-23-15-5-2-14(3-6-15)4-7-17(22)20-12-10-18(11-13-20)9-8-16(21)19-18/h2-3,5-6H,4,7-13H2,1H3,(H,19,21). The summed E-state index contributed by atoms with van der Waals surface area (Å²) in [5.41, 5.74) is 1.11. The molecule has 2 amide bonds. The molecular formula is C18H24N2O3. The van der Waals surface area contributed by atoms with E-state index in [1.54, 1.807) is 7.11 Å². The van der Waals surface area contributed by atoms with Gasteiger partial charge in [0, 0.05) is 31.5 Å². The van der Waals surface area contributed by atoms with Gasteiger partial charge in [-0.25, -0.2) is 0 Å². The van der Waals surface area contributed by atoms with Crippen molar-refractivity contribution in [2.45, 2.75) is 44.1 Å². The Hall–Kier alpha value is -2.04. The Morgan fingerprint density at radius 1 is 1.22 bits per heavy atom. The molecule has 1 aromatic rings. The molecule has 2 aliphatic rings. The lowest BCUT2D eigenvalue weighted by Gasteiger charge is -2.39. The zero-order valence-corrected chi connectivity index (χ0v) is 13.6. The van der Waals surface area contributed by atoms with Gasteiger partial charge in [-0.3, -0.25) is 9.59 Å². The maximum absolute atomic E-state index is 12.4. The van der Waals surface area contributed by atoms with Gasteiger partial charge < -0.3 is 15.0 Å². The van der Waals surface area contributed by atoms with Crippen molar-refractivity contribution in [1.82, 2.24) is 10.2 Å². The molecule has 2 saturated heterocycles. The molecule has 0 saturated carbocycles. The number of hydrogen-bond donors (Lipinski definition) is 1. The quantitative estimate of drug-likeness (QED) is 0.923. The highest BCUT2D eigenvalue weighted by Crippen LogP contribution is 2.31. The van der Waals surface area contributed by atoms with Crippen LogP contribution in [0.3, 0.4) is 0 Å². The Kier molecular flexibility index (Phi) is 4.55. The molecule has 2 heterocycles. The molecule has 5 heteroatoms. The van der Waals surface area contributed by atoms with Gasteiger partial charge in [0.25, 0.3) is 0 Å². The molecule has 0 aliphatic carbocycles. The van der Waals surface area contributed by atoms with Crippen molar-refractivity contribution < 1.29 is 14.3 Å². The molecule has 0 bridgehead atoms. The number of nitrogens with one attached hydrogen (secondary N) is 1. The molecule has 0 atom stereocenters. The van der Waals surface area contributed by atoms with Crippen LogP contribution in [-0.2, 0) is 16.0 Å². The normalized spacial score (nSPS) is 19.7. The first-order chi connectivity index (χ1) is 11.1. The Morgan fingerprint density at radius 3 is 2.48 bits per heavy atom. The minimum atomic E-state index is -0.0379. The first-order valence-corrected chi connectivity index (χ1v) is 8.32. The predicted octanol–water partition coefficient (Wildman–Crippen LogP) is 1.90. The molecular weight excluding hydrogens is 292 g/mol. The molecule has 0 unspecified atom stereocenters. The molecule has 2 fully saturated rings. The lowest BCUT2D eigenvalue weighted by Crippen LogP contribution is -2.52. The van der Waals surface area contributed by atoms with Gasteiger partial charge in [0.1, 0.15) is 5.75 Å². The Labute approximate surface area is 137 Å². The average molecular weight is 316 g/mol. The van der Waals surface area contributed by atoms with E-state index in [9.17, 15) is 9.59 Å². The van der Waals surface area contributed by atoms with Crippen LogP contribution < -0.4 is 10.1 Å². The predicted molar refractivity (Wildman–Crippen MR) is 87.2 cm³/mol. The molecule has 1 aromatic carbocycles. The highest BCUT2D eigenvalue weighted by Gasteiger charge is 2.40. The fourth-order valence-corrected chi connectivity index (χ4v) is 3.53. The summed E-state index contributed by atoms with van der Waals surface area (Å²) in [5.74, 6) is 1.20. The lowest BCUT2D eigenvalue weighted by molar-refractivity contribution is -0.132. The number of rotatable bonds is 4.